The van der Waals surface area contributed by atoms with Crippen LogP contribution < -0.4 is 5.73 Å². The van der Waals surface area contributed by atoms with Gasteiger partial charge in [-0.1, -0.05) is 0 Å². The van der Waals surface area contributed by atoms with Crippen LogP contribution in [0.5, 0.6) is 0 Å². The lowest BCUT2D eigenvalue weighted by molar-refractivity contribution is -0.155. The van der Waals surface area contributed by atoms with Gasteiger partial charge in [-0.2, -0.15) is 0 Å². The van der Waals surface area contributed by atoms with Gasteiger partial charge in [0.15, 0.2) is 11.9 Å². The zero-order valence-electron chi connectivity index (χ0n) is 10.4. The number of Topliss-reactive ketones (excluding diaryl/α,β-unsaturated/α-hetero) is 1. The average molecular weight is 289 g/mol. The number of esters is 2. The fourth-order valence-electron chi connectivity index (χ4n) is 1.41. The van der Waals surface area contributed by atoms with E-state index in [0.717, 1.165) is 0 Å². The number of ketones is 1. The molecule has 112 valence electrons. The molecular weight excluding hydrogens is 274 g/mol. The van der Waals surface area contributed by atoms with Crippen molar-refractivity contribution >= 4 is 17.7 Å². The summed E-state index contributed by atoms with van der Waals surface area (Å²) < 4.78 is 9.11. The van der Waals surface area contributed by atoms with Gasteiger partial charge in [-0.25, -0.2) is 4.79 Å². The summed E-state index contributed by atoms with van der Waals surface area (Å²) >= 11 is 0. The van der Waals surface area contributed by atoms with Crippen molar-refractivity contribution in [3.05, 3.63) is 11.5 Å². The molecule has 0 spiro atoms. The SMILES string of the molecule is NCC(=O)CCC(=O)OCC(O)C1OC(=O)C(O)=C1O. The van der Waals surface area contributed by atoms with Crippen LogP contribution in [0.3, 0.4) is 0 Å². The molecule has 1 aliphatic rings. The highest BCUT2D eigenvalue weighted by Crippen LogP contribution is 2.21. The molecule has 0 radical (unpaired) electrons. The molecule has 5 N–H and O–H groups in total. The van der Waals surface area contributed by atoms with E-state index >= 15 is 0 Å². The van der Waals surface area contributed by atoms with Crippen LogP contribution in [0.1, 0.15) is 12.8 Å². The number of hydrogen-bond acceptors (Lipinski definition) is 9. The summed E-state index contributed by atoms with van der Waals surface area (Å²) in [5, 5.41) is 27.9. The number of hydrogen-bond donors (Lipinski definition) is 4. The monoisotopic (exact) mass is 289 g/mol. The second-order valence-electron chi connectivity index (χ2n) is 4.05. The predicted octanol–water partition coefficient (Wildman–Crippen LogP) is -1.55. The highest BCUT2D eigenvalue weighted by atomic mass is 16.6. The van der Waals surface area contributed by atoms with Gasteiger partial charge in [0.1, 0.15) is 18.5 Å². The van der Waals surface area contributed by atoms with Crippen molar-refractivity contribution in [2.24, 2.45) is 5.73 Å². The lowest BCUT2D eigenvalue weighted by Crippen LogP contribution is -2.33. The molecule has 20 heavy (non-hydrogen) atoms. The molecular formula is C11H15NO8. The molecule has 1 heterocycles. The Balaban J connectivity index is 2.37. The van der Waals surface area contributed by atoms with Gasteiger partial charge in [0, 0.05) is 6.42 Å². The van der Waals surface area contributed by atoms with Crippen LogP contribution >= 0.6 is 0 Å². The molecule has 0 aromatic rings. The first-order valence-corrected chi connectivity index (χ1v) is 5.75. The summed E-state index contributed by atoms with van der Waals surface area (Å²) in [7, 11) is 0. The van der Waals surface area contributed by atoms with E-state index in [0.29, 0.717) is 0 Å². The highest BCUT2D eigenvalue weighted by Gasteiger charge is 2.39. The smallest absolute Gasteiger partial charge is 0.377 e. The number of aliphatic hydroxyl groups excluding tert-OH is 3. The van der Waals surface area contributed by atoms with Crippen molar-refractivity contribution < 1.29 is 39.2 Å². The molecule has 9 nitrogen and oxygen atoms in total. The summed E-state index contributed by atoms with van der Waals surface area (Å²) in [5.41, 5.74) is 5.06. The first kappa shape index (κ1) is 15.9. The van der Waals surface area contributed by atoms with Gasteiger partial charge in [-0.3, -0.25) is 9.59 Å². The summed E-state index contributed by atoms with van der Waals surface area (Å²) in [4.78, 5) is 33.0. The highest BCUT2D eigenvalue weighted by molar-refractivity contribution is 5.89. The molecule has 0 amide bonds. The minimum Gasteiger partial charge on any atom is -0.505 e. The van der Waals surface area contributed by atoms with Crippen LogP contribution in [-0.4, -0.2) is 58.4 Å². The first-order valence-electron chi connectivity index (χ1n) is 5.75. The maximum Gasteiger partial charge on any atom is 0.377 e. The average Bonchev–Trinajstić information content (AvgIpc) is 2.69. The van der Waals surface area contributed by atoms with Gasteiger partial charge in [-0.15, -0.1) is 0 Å². The summed E-state index contributed by atoms with van der Waals surface area (Å²) in [6.07, 6.45) is -3.28. The fraction of sp³-hybridized carbons (Fsp3) is 0.545. The standard InChI is InChI=1S/C11H15NO8/c12-3-5(13)1-2-7(15)19-4-6(14)10-8(16)9(17)11(18)20-10/h6,10,14,16-17H,1-4,12H2. The third-order valence-electron chi connectivity index (χ3n) is 2.54. The van der Waals surface area contributed by atoms with Crippen molar-refractivity contribution in [1.82, 2.24) is 0 Å². The zero-order valence-corrected chi connectivity index (χ0v) is 10.4. The molecule has 0 bridgehead atoms. The maximum atomic E-state index is 11.2. The van der Waals surface area contributed by atoms with Crippen LogP contribution in [0, 0.1) is 0 Å². The van der Waals surface area contributed by atoms with Crippen LogP contribution in [0.4, 0.5) is 0 Å². The third kappa shape index (κ3) is 3.93. The lowest BCUT2D eigenvalue weighted by atomic mass is 10.2. The lowest BCUT2D eigenvalue weighted by Gasteiger charge is -2.17. The minimum absolute atomic E-state index is 0.0736. The Labute approximate surface area is 113 Å². The topological polar surface area (TPSA) is 156 Å². The van der Waals surface area contributed by atoms with E-state index in [1.165, 1.54) is 0 Å². The number of carbonyl (C=O) groups is 3. The molecule has 0 saturated carbocycles. The Morgan fingerprint density at radius 2 is 2.00 bits per heavy atom. The van der Waals surface area contributed by atoms with Gasteiger partial charge in [0.05, 0.1) is 13.0 Å². The van der Waals surface area contributed by atoms with E-state index in [9.17, 15) is 24.6 Å². The molecule has 2 unspecified atom stereocenters. The molecule has 0 aromatic carbocycles. The van der Waals surface area contributed by atoms with Crippen molar-refractivity contribution in [3.8, 4) is 0 Å². The van der Waals surface area contributed by atoms with E-state index in [2.05, 4.69) is 9.47 Å². The zero-order chi connectivity index (χ0) is 15.3. The van der Waals surface area contributed by atoms with Crippen molar-refractivity contribution in [3.63, 3.8) is 0 Å². The van der Waals surface area contributed by atoms with Gasteiger partial charge in [0.2, 0.25) is 5.76 Å². The minimum atomic E-state index is -1.53. The van der Waals surface area contributed by atoms with E-state index in [4.69, 9.17) is 10.8 Å². The number of nitrogens with two attached hydrogens (primary N) is 1. The Kier molecular flexibility index (Phi) is 5.47. The van der Waals surface area contributed by atoms with Gasteiger partial charge < -0.3 is 30.5 Å². The molecule has 2 atom stereocenters. The molecule has 0 fully saturated rings. The predicted molar refractivity (Wildman–Crippen MR) is 62.4 cm³/mol. The van der Waals surface area contributed by atoms with Crippen LogP contribution in [-0.2, 0) is 23.9 Å². The number of ether oxygens (including phenoxy) is 2. The Morgan fingerprint density at radius 3 is 2.50 bits per heavy atom. The van der Waals surface area contributed by atoms with Gasteiger partial charge in [0.25, 0.3) is 0 Å². The van der Waals surface area contributed by atoms with E-state index in [1.807, 2.05) is 0 Å². The molecule has 1 aliphatic heterocycles. The van der Waals surface area contributed by atoms with E-state index < -0.39 is 42.3 Å². The second kappa shape index (κ2) is 6.87. The first-order chi connectivity index (χ1) is 9.36. The number of cyclic esters (lactones) is 1. The third-order valence-corrected chi connectivity index (χ3v) is 2.54. The van der Waals surface area contributed by atoms with Crippen LogP contribution in [0.25, 0.3) is 0 Å². The van der Waals surface area contributed by atoms with Crippen LogP contribution in [0.15, 0.2) is 11.5 Å². The molecule has 0 aliphatic carbocycles. The molecule has 0 aromatic heterocycles. The van der Waals surface area contributed by atoms with Crippen molar-refractivity contribution in [1.29, 1.82) is 0 Å². The number of aliphatic hydroxyl groups is 3. The second-order valence-corrected chi connectivity index (χ2v) is 4.05. The number of carbonyl (C=O) groups excluding carboxylic acids is 3. The van der Waals surface area contributed by atoms with Crippen molar-refractivity contribution in [2.45, 2.75) is 25.0 Å². The quantitative estimate of drug-likeness (QED) is 0.407. The van der Waals surface area contributed by atoms with Crippen molar-refractivity contribution in [2.75, 3.05) is 13.2 Å². The van der Waals surface area contributed by atoms with Crippen LogP contribution in [0.2, 0.25) is 0 Å². The normalized spacial score (nSPS) is 19.7. The van der Waals surface area contributed by atoms with Gasteiger partial charge >= 0.3 is 11.9 Å². The Hall–Kier alpha value is -2.13. The Morgan fingerprint density at radius 1 is 1.35 bits per heavy atom. The Bertz CT molecular complexity index is 444. The molecule has 9 heteroatoms. The molecule has 1 rings (SSSR count). The summed E-state index contributed by atoms with van der Waals surface area (Å²) in [5.74, 6) is -4.04. The van der Waals surface area contributed by atoms with E-state index in [1.54, 1.807) is 0 Å². The molecule has 0 saturated heterocycles. The fourth-order valence-corrected chi connectivity index (χ4v) is 1.41. The summed E-state index contributed by atoms with van der Waals surface area (Å²) in [6, 6.07) is 0. The maximum absolute atomic E-state index is 11.2. The summed E-state index contributed by atoms with van der Waals surface area (Å²) in [6.45, 7) is -0.739. The van der Waals surface area contributed by atoms with E-state index in [-0.39, 0.29) is 25.2 Å². The van der Waals surface area contributed by atoms with Gasteiger partial charge in [-0.05, 0) is 0 Å². The largest absolute Gasteiger partial charge is 0.505 e. The number of rotatable bonds is 7.